The Morgan fingerprint density at radius 2 is 1.90 bits per heavy atom. The average Bonchev–Trinajstić information content (AvgIpc) is 2.40. The number of nitrogens with two attached hydrogens (primary N) is 1. The Morgan fingerprint density at radius 3 is 2.55 bits per heavy atom. The molecular formula is C13H12ClFN2O2S. The summed E-state index contributed by atoms with van der Waals surface area (Å²) in [5.41, 5.74) is 5.96. The van der Waals surface area contributed by atoms with E-state index in [9.17, 15) is 12.8 Å². The molecule has 2 aromatic rings. The van der Waals surface area contributed by atoms with Gasteiger partial charge in [0.25, 0.3) is 10.0 Å². The van der Waals surface area contributed by atoms with Crippen LogP contribution in [0.2, 0.25) is 5.02 Å². The van der Waals surface area contributed by atoms with Crippen LogP contribution in [0.1, 0.15) is 0 Å². The van der Waals surface area contributed by atoms with Gasteiger partial charge in [-0.25, -0.2) is 12.8 Å². The summed E-state index contributed by atoms with van der Waals surface area (Å²) in [6.07, 6.45) is 0. The first-order valence-electron chi connectivity index (χ1n) is 5.62. The summed E-state index contributed by atoms with van der Waals surface area (Å²) in [5.74, 6) is -0.524. The molecule has 2 N–H and O–H groups in total. The van der Waals surface area contributed by atoms with Crippen molar-refractivity contribution in [3.63, 3.8) is 0 Å². The van der Waals surface area contributed by atoms with Gasteiger partial charge in [-0.15, -0.1) is 0 Å². The van der Waals surface area contributed by atoms with E-state index in [1.165, 1.54) is 43.4 Å². The third-order valence-electron chi connectivity index (χ3n) is 2.79. The molecule has 106 valence electrons. The molecule has 0 spiro atoms. The van der Waals surface area contributed by atoms with Gasteiger partial charge in [0, 0.05) is 12.1 Å². The Morgan fingerprint density at radius 1 is 1.20 bits per heavy atom. The van der Waals surface area contributed by atoms with Gasteiger partial charge in [-0.3, -0.25) is 4.31 Å². The van der Waals surface area contributed by atoms with Gasteiger partial charge in [-0.05, 0) is 36.4 Å². The van der Waals surface area contributed by atoms with Crippen LogP contribution in [-0.4, -0.2) is 15.5 Å². The molecule has 7 heteroatoms. The number of nitrogen functional groups attached to an aromatic ring is 1. The molecule has 0 unspecified atom stereocenters. The number of hydrogen-bond donors (Lipinski definition) is 1. The smallest absolute Gasteiger partial charge is 0.266 e. The molecule has 0 saturated heterocycles. The van der Waals surface area contributed by atoms with E-state index in [1.54, 1.807) is 0 Å². The zero-order valence-electron chi connectivity index (χ0n) is 10.5. The molecule has 0 amide bonds. The summed E-state index contributed by atoms with van der Waals surface area (Å²) in [6, 6.07) is 9.45. The molecule has 0 radical (unpaired) electrons. The van der Waals surface area contributed by atoms with E-state index < -0.39 is 15.8 Å². The van der Waals surface area contributed by atoms with Gasteiger partial charge in [-0.2, -0.15) is 0 Å². The molecular weight excluding hydrogens is 303 g/mol. The summed E-state index contributed by atoms with van der Waals surface area (Å²) in [5, 5.41) is 0.255. The lowest BCUT2D eigenvalue weighted by atomic mass is 10.3. The van der Waals surface area contributed by atoms with E-state index >= 15 is 0 Å². The van der Waals surface area contributed by atoms with Crippen molar-refractivity contribution in [3.8, 4) is 0 Å². The third kappa shape index (κ3) is 2.71. The van der Waals surface area contributed by atoms with Crippen LogP contribution in [-0.2, 0) is 10.0 Å². The van der Waals surface area contributed by atoms with Crippen LogP contribution < -0.4 is 10.0 Å². The van der Waals surface area contributed by atoms with Crippen LogP contribution in [0.15, 0.2) is 47.4 Å². The van der Waals surface area contributed by atoms with E-state index in [2.05, 4.69) is 0 Å². The molecule has 2 rings (SSSR count). The molecule has 20 heavy (non-hydrogen) atoms. The average molecular weight is 315 g/mol. The maximum atomic E-state index is 13.2. The molecule has 0 aliphatic rings. The van der Waals surface area contributed by atoms with Crippen molar-refractivity contribution >= 4 is 33.0 Å². The fourth-order valence-corrected chi connectivity index (χ4v) is 3.25. The predicted octanol–water partition coefficient (Wildman–Crippen LogP) is 2.89. The normalized spacial score (nSPS) is 11.3. The Kier molecular flexibility index (Phi) is 3.87. The number of sulfonamides is 1. The summed E-state index contributed by atoms with van der Waals surface area (Å²) < 4.78 is 39.1. The third-order valence-corrected chi connectivity index (χ3v) is 4.86. The molecule has 0 aromatic heterocycles. The van der Waals surface area contributed by atoms with Gasteiger partial charge in [-0.1, -0.05) is 17.7 Å². The van der Waals surface area contributed by atoms with E-state index in [1.807, 2.05) is 0 Å². The number of nitrogens with zero attached hydrogens (tertiary/aromatic N) is 1. The van der Waals surface area contributed by atoms with Crippen molar-refractivity contribution in [2.75, 3.05) is 17.1 Å². The molecule has 0 atom stereocenters. The molecule has 2 aromatic carbocycles. The Labute approximate surface area is 121 Å². The van der Waals surface area contributed by atoms with Gasteiger partial charge in [0.15, 0.2) is 0 Å². The number of rotatable bonds is 3. The highest BCUT2D eigenvalue weighted by atomic mass is 35.5. The minimum absolute atomic E-state index is 0.0812. The van der Waals surface area contributed by atoms with Crippen LogP contribution >= 0.6 is 11.6 Å². The van der Waals surface area contributed by atoms with Gasteiger partial charge in [0.2, 0.25) is 0 Å². The van der Waals surface area contributed by atoms with Gasteiger partial charge < -0.3 is 5.73 Å². The number of benzene rings is 2. The lowest BCUT2D eigenvalue weighted by Crippen LogP contribution is -2.27. The second-order valence-corrected chi connectivity index (χ2v) is 6.51. The molecule has 0 bridgehead atoms. The van der Waals surface area contributed by atoms with E-state index in [0.29, 0.717) is 0 Å². The molecule has 0 fully saturated rings. The van der Waals surface area contributed by atoms with E-state index in [4.69, 9.17) is 17.3 Å². The minimum Gasteiger partial charge on any atom is -0.398 e. The first kappa shape index (κ1) is 14.6. The standard InChI is InChI=1S/C13H12ClFN2O2S/c1-17(11-4-2-3-10(15)8-11)20(18,19)13-7-9(14)5-6-12(13)16/h2-8H,16H2,1H3. The number of hydrogen-bond acceptors (Lipinski definition) is 3. The zero-order chi connectivity index (χ0) is 14.9. The van der Waals surface area contributed by atoms with Crippen LogP contribution in [0.5, 0.6) is 0 Å². The second-order valence-electron chi connectivity index (χ2n) is 4.13. The van der Waals surface area contributed by atoms with Crippen molar-refractivity contribution in [2.45, 2.75) is 4.90 Å². The highest BCUT2D eigenvalue weighted by Gasteiger charge is 2.24. The van der Waals surface area contributed by atoms with Crippen molar-refractivity contribution in [1.29, 1.82) is 0 Å². The zero-order valence-corrected chi connectivity index (χ0v) is 12.1. The molecule has 0 saturated carbocycles. The fraction of sp³-hybridized carbons (Fsp3) is 0.0769. The molecule has 0 aliphatic heterocycles. The second kappa shape index (κ2) is 5.30. The summed E-state index contributed by atoms with van der Waals surface area (Å²) in [4.78, 5) is -0.114. The fourth-order valence-electron chi connectivity index (χ4n) is 1.69. The molecule has 4 nitrogen and oxygen atoms in total. The van der Waals surface area contributed by atoms with Gasteiger partial charge in [0.1, 0.15) is 10.7 Å². The first-order valence-corrected chi connectivity index (χ1v) is 7.43. The van der Waals surface area contributed by atoms with Crippen molar-refractivity contribution in [3.05, 3.63) is 53.3 Å². The number of anilines is 2. The summed E-state index contributed by atoms with van der Waals surface area (Å²) in [6.45, 7) is 0. The van der Waals surface area contributed by atoms with Crippen LogP contribution in [0.3, 0.4) is 0 Å². The largest absolute Gasteiger partial charge is 0.398 e. The Balaban J connectivity index is 2.52. The SMILES string of the molecule is CN(c1cccc(F)c1)S(=O)(=O)c1cc(Cl)ccc1N. The quantitative estimate of drug-likeness (QED) is 0.886. The van der Waals surface area contributed by atoms with Crippen LogP contribution in [0.4, 0.5) is 15.8 Å². The molecule has 0 heterocycles. The van der Waals surface area contributed by atoms with Crippen LogP contribution in [0, 0.1) is 5.82 Å². The van der Waals surface area contributed by atoms with Gasteiger partial charge in [0.05, 0.1) is 11.4 Å². The Bertz CT molecular complexity index is 750. The maximum absolute atomic E-state index is 13.2. The lowest BCUT2D eigenvalue weighted by molar-refractivity contribution is 0.594. The highest BCUT2D eigenvalue weighted by molar-refractivity contribution is 7.93. The number of halogens is 2. The molecule has 0 aliphatic carbocycles. The van der Waals surface area contributed by atoms with E-state index in [0.717, 1.165) is 10.4 Å². The van der Waals surface area contributed by atoms with Crippen LogP contribution in [0.25, 0.3) is 0 Å². The lowest BCUT2D eigenvalue weighted by Gasteiger charge is -2.20. The van der Waals surface area contributed by atoms with Crippen molar-refractivity contribution < 1.29 is 12.8 Å². The van der Waals surface area contributed by atoms with E-state index in [-0.39, 0.29) is 21.3 Å². The maximum Gasteiger partial charge on any atom is 0.266 e. The topological polar surface area (TPSA) is 63.4 Å². The predicted molar refractivity (Wildman–Crippen MR) is 77.9 cm³/mol. The monoisotopic (exact) mass is 314 g/mol. The minimum atomic E-state index is -3.90. The first-order chi connectivity index (χ1) is 9.32. The highest BCUT2D eigenvalue weighted by Crippen LogP contribution is 2.28. The Hall–Kier alpha value is -1.79. The summed E-state index contributed by atoms with van der Waals surface area (Å²) >= 11 is 5.80. The van der Waals surface area contributed by atoms with Crippen molar-refractivity contribution in [1.82, 2.24) is 0 Å². The van der Waals surface area contributed by atoms with Crippen molar-refractivity contribution in [2.24, 2.45) is 0 Å². The summed E-state index contributed by atoms with van der Waals surface area (Å²) in [7, 11) is -2.58. The van der Waals surface area contributed by atoms with Gasteiger partial charge >= 0.3 is 0 Å².